The van der Waals surface area contributed by atoms with E-state index in [0.717, 1.165) is 0 Å². The molecule has 0 aliphatic carbocycles. The van der Waals surface area contributed by atoms with Gasteiger partial charge in [0.25, 0.3) is 0 Å². The molecule has 3 nitrogen and oxygen atoms in total. The van der Waals surface area contributed by atoms with E-state index in [9.17, 15) is 15.0 Å². The molecule has 3 unspecified atom stereocenters. The van der Waals surface area contributed by atoms with Crippen molar-refractivity contribution < 1.29 is 15.0 Å². The van der Waals surface area contributed by atoms with Crippen molar-refractivity contribution in [1.29, 1.82) is 0 Å². The Balaban J connectivity index is 3.61. The van der Waals surface area contributed by atoms with Gasteiger partial charge in [-0.3, -0.25) is 4.79 Å². The molecule has 0 amide bonds. The van der Waals surface area contributed by atoms with Crippen molar-refractivity contribution in [3.63, 3.8) is 0 Å². The minimum atomic E-state index is -1.78. The molecule has 0 radical (unpaired) electrons. The molecule has 1 rings (SSSR count). The van der Waals surface area contributed by atoms with Gasteiger partial charge in [-0.2, -0.15) is 11.8 Å². The van der Waals surface area contributed by atoms with E-state index in [4.69, 9.17) is 0 Å². The summed E-state index contributed by atoms with van der Waals surface area (Å²) in [5.74, 6) is -1.48. The zero-order valence-corrected chi connectivity index (χ0v) is 16.2. The Bertz CT molecular complexity index is 368. The van der Waals surface area contributed by atoms with Gasteiger partial charge in [0, 0.05) is 9.24 Å². The molecule has 1 saturated heterocycles. The average Bonchev–Trinajstić information content (AvgIpc) is 2.32. The van der Waals surface area contributed by atoms with E-state index in [0.29, 0.717) is 0 Å². The van der Waals surface area contributed by atoms with E-state index in [2.05, 4.69) is 39.3 Å². The molecular weight excluding hydrogens is 292 g/mol. The minimum Gasteiger partial charge on any atom is -0.481 e. The topological polar surface area (TPSA) is 57.5 Å². The highest BCUT2D eigenvalue weighted by molar-refractivity contribution is 8.05. The predicted molar refractivity (Wildman–Crippen MR) is 88.2 cm³/mol. The number of carboxylic acid groups (broad SMARTS) is 1. The van der Waals surface area contributed by atoms with Crippen molar-refractivity contribution in [2.75, 3.05) is 0 Å². The van der Waals surface area contributed by atoms with Crippen molar-refractivity contribution in [1.82, 2.24) is 0 Å². The number of hydrogen-bond acceptors (Lipinski definition) is 3. The molecule has 0 aromatic rings. The van der Waals surface area contributed by atoms with Gasteiger partial charge in [0.1, 0.15) is 0 Å². The van der Waals surface area contributed by atoms with Crippen LogP contribution in [0.25, 0.3) is 0 Å². The van der Waals surface area contributed by atoms with Gasteiger partial charge in [0.05, 0.1) is 27.7 Å². The quantitative estimate of drug-likeness (QED) is 0.785. The summed E-state index contributed by atoms with van der Waals surface area (Å²) in [6.07, 6.45) is 0. The maximum Gasteiger partial charge on any atom is 0.310 e. The van der Waals surface area contributed by atoms with Crippen LogP contribution in [0.2, 0.25) is 39.3 Å². The van der Waals surface area contributed by atoms with Crippen molar-refractivity contribution in [2.24, 2.45) is 5.92 Å². The summed E-state index contributed by atoms with van der Waals surface area (Å²) in [5.41, 5.74) is -1.13. The maximum atomic E-state index is 11.9. The van der Waals surface area contributed by atoms with Crippen LogP contribution < -0.4 is 0 Å². The molecular formula is C13H28O3SSi2. The molecule has 6 heteroatoms. The summed E-state index contributed by atoms with van der Waals surface area (Å²) < 4.78 is -0.241. The van der Waals surface area contributed by atoms with Crippen LogP contribution in [0.3, 0.4) is 0 Å². The largest absolute Gasteiger partial charge is 0.481 e. The van der Waals surface area contributed by atoms with Gasteiger partial charge >= 0.3 is 5.97 Å². The van der Waals surface area contributed by atoms with E-state index >= 15 is 0 Å². The Hall–Kier alpha value is 0.214. The highest BCUT2D eigenvalue weighted by atomic mass is 32.2. The van der Waals surface area contributed by atoms with Crippen LogP contribution in [0.1, 0.15) is 13.8 Å². The van der Waals surface area contributed by atoms with Crippen LogP contribution in [-0.4, -0.2) is 47.2 Å². The summed E-state index contributed by atoms with van der Waals surface area (Å²) in [4.78, 5) is 11.9. The predicted octanol–water partition coefficient (Wildman–Crippen LogP) is 3.07. The fourth-order valence-corrected chi connectivity index (χ4v) is 20.7. The van der Waals surface area contributed by atoms with Gasteiger partial charge < -0.3 is 10.2 Å². The number of hydrogen-bond donors (Lipinski definition) is 2. The summed E-state index contributed by atoms with van der Waals surface area (Å²) >= 11 is 1.76. The molecule has 1 fully saturated rings. The van der Waals surface area contributed by atoms with E-state index in [1.165, 1.54) is 0 Å². The first-order chi connectivity index (χ1) is 8.19. The maximum absolute atomic E-state index is 11.9. The standard InChI is InChI=1S/C13H28O3SSi2/c1-9-12(2,16)10(11(14)15)13(17-9,18(3,4)5)19(6,7)8/h9-10,16H,1-8H3,(H,14,15). The van der Waals surface area contributed by atoms with Gasteiger partial charge in [-0.15, -0.1) is 0 Å². The third-order valence-electron chi connectivity index (χ3n) is 4.65. The Labute approximate surface area is 123 Å². The Morgan fingerprint density at radius 1 is 1.11 bits per heavy atom. The van der Waals surface area contributed by atoms with Crippen molar-refractivity contribution in [3.8, 4) is 0 Å². The molecule has 3 atom stereocenters. The summed E-state index contributed by atoms with van der Waals surface area (Å²) in [6.45, 7) is 17.2. The molecule has 19 heavy (non-hydrogen) atoms. The molecule has 0 aromatic heterocycles. The zero-order chi connectivity index (χ0) is 15.4. The summed E-state index contributed by atoms with van der Waals surface area (Å²) in [5, 5.41) is 20.6. The van der Waals surface area contributed by atoms with Crippen LogP contribution in [0.15, 0.2) is 0 Å². The highest BCUT2D eigenvalue weighted by Crippen LogP contribution is 2.60. The number of aliphatic hydroxyl groups is 1. The van der Waals surface area contributed by atoms with Crippen molar-refractivity contribution in [2.45, 2.75) is 68.0 Å². The van der Waals surface area contributed by atoms with Crippen molar-refractivity contribution in [3.05, 3.63) is 0 Å². The molecule has 1 aliphatic heterocycles. The van der Waals surface area contributed by atoms with Crippen LogP contribution in [0.4, 0.5) is 0 Å². The smallest absolute Gasteiger partial charge is 0.310 e. The molecule has 1 heterocycles. The summed E-state index contributed by atoms with van der Waals surface area (Å²) in [7, 11) is -3.56. The second-order valence-electron chi connectivity index (χ2n) is 7.99. The van der Waals surface area contributed by atoms with Gasteiger partial charge in [-0.05, 0) is 6.92 Å². The SMILES string of the molecule is CC1SC([Si](C)(C)C)([Si](C)(C)C)C(C(=O)O)C1(C)O. The number of rotatable bonds is 3. The summed E-state index contributed by atoms with van der Waals surface area (Å²) in [6, 6.07) is 0. The average molecular weight is 321 g/mol. The zero-order valence-electron chi connectivity index (χ0n) is 13.4. The van der Waals surface area contributed by atoms with Crippen LogP contribution in [0, 0.1) is 5.92 Å². The number of carbonyl (C=O) groups is 1. The first-order valence-corrected chi connectivity index (χ1v) is 14.7. The van der Waals surface area contributed by atoms with Gasteiger partial charge in [0.15, 0.2) is 0 Å². The van der Waals surface area contributed by atoms with Gasteiger partial charge in [0.2, 0.25) is 0 Å². The van der Waals surface area contributed by atoms with E-state index in [-0.39, 0.29) is 9.24 Å². The van der Waals surface area contributed by atoms with E-state index in [1.54, 1.807) is 18.7 Å². The van der Waals surface area contributed by atoms with Crippen molar-refractivity contribution >= 4 is 33.9 Å². The van der Waals surface area contributed by atoms with Gasteiger partial charge in [-0.25, -0.2) is 0 Å². The lowest BCUT2D eigenvalue weighted by molar-refractivity contribution is -0.149. The molecule has 0 aromatic carbocycles. The minimum absolute atomic E-state index is 0.0351. The third-order valence-corrected chi connectivity index (χ3v) is 20.0. The van der Waals surface area contributed by atoms with Crippen LogP contribution in [-0.2, 0) is 4.79 Å². The molecule has 0 spiro atoms. The van der Waals surface area contributed by atoms with E-state index < -0.39 is 33.6 Å². The highest BCUT2D eigenvalue weighted by Gasteiger charge is 2.70. The first-order valence-electron chi connectivity index (χ1n) is 6.82. The normalized spacial score (nSPS) is 35.4. The fourth-order valence-electron chi connectivity index (χ4n) is 3.88. The fraction of sp³-hybridized carbons (Fsp3) is 0.923. The molecule has 1 aliphatic rings. The molecule has 0 bridgehead atoms. The lowest BCUT2D eigenvalue weighted by atomic mass is 9.88. The second kappa shape index (κ2) is 4.61. The lowest BCUT2D eigenvalue weighted by Gasteiger charge is -2.52. The van der Waals surface area contributed by atoms with Crippen LogP contribution in [0.5, 0.6) is 0 Å². The van der Waals surface area contributed by atoms with Gasteiger partial charge in [-0.1, -0.05) is 46.2 Å². The van der Waals surface area contributed by atoms with Crippen LogP contribution >= 0.6 is 11.8 Å². The molecule has 2 N–H and O–H groups in total. The number of thioether (sulfide) groups is 1. The first kappa shape index (κ1) is 17.3. The monoisotopic (exact) mass is 320 g/mol. The second-order valence-corrected chi connectivity index (χ2v) is 21.4. The Morgan fingerprint density at radius 2 is 1.47 bits per heavy atom. The number of carboxylic acids is 1. The lowest BCUT2D eigenvalue weighted by Crippen LogP contribution is -2.70. The Kier molecular flexibility index (Phi) is 4.19. The molecule has 0 saturated carbocycles. The Morgan fingerprint density at radius 3 is 1.68 bits per heavy atom. The molecule has 112 valence electrons. The van der Waals surface area contributed by atoms with E-state index in [1.807, 2.05) is 6.92 Å². The number of aliphatic carboxylic acids is 1. The third kappa shape index (κ3) is 2.34.